The van der Waals surface area contributed by atoms with Gasteiger partial charge in [-0.05, 0) is 51.8 Å². The highest BCUT2D eigenvalue weighted by Crippen LogP contribution is 2.34. The van der Waals surface area contributed by atoms with Gasteiger partial charge in [0.05, 0.1) is 41.9 Å². The summed E-state index contributed by atoms with van der Waals surface area (Å²) in [4.78, 5) is 39.7. The molecule has 1 fully saturated rings. The summed E-state index contributed by atoms with van der Waals surface area (Å²) in [6, 6.07) is 7.44. The Hall–Kier alpha value is -3.63. The molecule has 0 spiro atoms. The fraction of sp³-hybridized carbons (Fsp3) is 0.531. The van der Waals surface area contributed by atoms with Crippen molar-refractivity contribution in [1.82, 2.24) is 25.2 Å². The number of unbranched alkanes of at least 4 members (excludes halogenated alkanes) is 2. The SMILES string of the molecule is CCC(=O)CCCCC[C@H](NC(=O)C(=N)CC1(O)CCN(C)CC1)c1ncc(-c2cc3ccc(C)nc3cc2OC)[nH]1. The number of fused-ring (bicyclic) bond motifs is 1. The number of hydrogen-bond donors (Lipinski definition) is 4. The molecule has 42 heavy (non-hydrogen) atoms. The van der Waals surface area contributed by atoms with Gasteiger partial charge in [0.15, 0.2) is 0 Å². The maximum absolute atomic E-state index is 13.2. The fourth-order valence-electron chi connectivity index (χ4n) is 5.45. The minimum Gasteiger partial charge on any atom is -0.496 e. The van der Waals surface area contributed by atoms with E-state index in [9.17, 15) is 14.7 Å². The first kappa shape index (κ1) is 31.3. The summed E-state index contributed by atoms with van der Waals surface area (Å²) < 4.78 is 5.68. The highest BCUT2D eigenvalue weighted by molar-refractivity contribution is 6.37. The van der Waals surface area contributed by atoms with E-state index in [1.165, 1.54) is 0 Å². The molecule has 4 N–H and O–H groups in total. The van der Waals surface area contributed by atoms with Gasteiger partial charge in [-0.25, -0.2) is 4.98 Å². The number of aromatic nitrogens is 3. The number of Topliss-reactive ketones (excluding diaryl/α,β-unsaturated/α-hetero) is 1. The van der Waals surface area contributed by atoms with E-state index in [1.807, 2.05) is 45.2 Å². The standard InChI is InChI=1S/C32H44N6O4/c1-5-23(39)9-7-6-8-10-26(37-31(40)25(33)19-32(41)13-15-38(3)16-14-32)30-34-20-28(36-30)24-17-22-12-11-21(2)35-27(22)18-29(24)42-4/h11-12,17-18,20,26,33,41H,5-10,13-16,19H2,1-4H3,(H,34,36)(H,37,40)/t26-/m0/s1. The van der Waals surface area contributed by atoms with Crippen molar-refractivity contribution >= 4 is 28.3 Å². The van der Waals surface area contributed by atoms with Crippen molar-refractivity contribution in [2.45, 2.75) is 83.3 Å². The van der Waals surface area contributed by atoms with Gasteiger partial charge in [-0.15, -0.1) is 0 Å². The Kier molecular flexibility index (Phi) is 10.5. The lowest BCUT2D eigenvalue weighted by Gasteiger charge is -2.36. The van der Waals surface area contributed by atoms with Crippen LogP contribution in [0.15, 0.2) is 30.5 Å². The van der Waals surface area contributed by atoms with Crippen LogP contribution in [0.25, 0.3) is 22.2 Å². The van der Waals surface area contributed by atoms with Crippen LogP contribution >= 0.6 is 0 Å². The minimum absolute atomic E-state index is 0.0176. The Morgan fingerprint density at radius 1 is 1.21 bits per heavy atom. The number of imidazole rings is 1. The van der Waals surface area contributed by atoms with Gasteiger partial charge in [-0.2, -0.15) is 0 Å². The predicted molar refractivity (Wildman–Crippen MR) is 164 cm³/mol. The molecule has 10 heteroatoms. The molecule has 1 aliphatic rings. The summed E-state index contributed by atoms with van der Waals surface area (Å²) in [6.07, 6.45) is 6.95. The lowest BCUT2D eigenvalue weighted by atomic mass is 9.86. The highest BCUT2D eigenvalue weighted by atomic mass is 16.5. The number of aromatic amines is 1. The second kappa shape index (κ2) is 14.0. The number of likely N-dealkylation sites (tertiary alicyclic amines) is 1. The molecule has 2 aromatic heterocycles. The normalized spacial score (nSPS) is 15.8. The van der Waals surface area contributed by atoms with Gasteiger partial charge < -0.3 is 25.0 Å². The van der Waals surface area contributed by atoms with Gasteiger partial charge in [0.25, 0.3) is 5.91 Å². The third-order valence-electron chi connectivity index (χ3n) is 8.21. The predicted octanol–water partition coefficient (Wildman–Crippen LogP) is 4.90. The number of aryl methyl sites for hydroxylation is 1. The van der Waals surface area contributed by atoms with E-state index >= 15 is 0 Å². The Labute approximate surface area is 247 Å². The second-order valence-electron chi connectivity index (χ2n) is 11.6. The number of hydrogen-bond acceptors (Lipinski definition) is 8. The molecule has 1 atom stereocenters. The van der Waals surface area contributed by atoms with E-state index < -0.39 is 17.6 Å². The smallest absolute Gasteiger partial charge is 0.265 e. The quantitative estimate of drug-likeness (QED) is 0.158. The van der Waals surface area contributed by atoms with Gasteiger partial charge in [-0.3, -0.25) is 20.0 Å². The van der Waals surface area contributed by atoms with E-state index in [0.29, 0.717) is 43.7 Å². The molecule has 0 aliphatic carbocycles. The van der Waals surface area contributed by atoms with Crippen LogP contribution in [0.5, 0.6) is 5.75 Å². The van der Waals surface area contributed by atoms with Crippen molar-refractivity contribution in [2.75, 3.05) is 27.2 Å². The minimum atomic E-state index is -1.04. The maximum Gasteiger partial charge on any atom is 0.265 e. The van der Waals surface area contributed by atoms with Crippen molar-refractivity contribution in [3.05, 3.63) is 42.0 Å². The van der Waals surface area contributed by atoms with E-state index in [1.54, 1.807) is 13.3 Å². The first-order valence-electron chi connectivity index (χ1n) is 14.9. The Morgan fingerprint density at radius 3 is 2.69 bits per heavy atom. The fourth-order valence-corrected chi connectivity index (χ4v) is 5.45. The number of methoxy groups -OCH3 is 1. The number of pyridine rings is 1. The highest BCUT2D eigenvalue weighted by Gasteiger charge is 2.34. The average molecular weight is 577 g/mol. The van der Waals surface area contributed by atoms with Crippen LogP contribution in [-0.2, 0) is 9.59 Å². The molecule has 226 valence electrons. The Balaban J connectivity index is 1.52. The number of nitrogens with one attached hydrogen (secondary N) is 3. The number of carbonyl (C=O) groups excluding carboxylic acids is 2. The number of ketones is 1. The van der Waals surface area contributed by atoms with Crippen LogP contribution < -0.4 is 10.1 Å². The molecule has 0 unspecified atom stereocenters. The van der Waals surface area contributed by atoms with E-state index in [0.717, 1.165) is 60.2 Å². The zero-order chi connectivity index (χ0) is 30.3. The number of amides is 1. The van der Waals surface area contributed by atoms with Crippen LogP contribution in [0.4, 0.5) is 0 Å². The molecule has 3 aromatic rings. The first-order valence-corrected chi connectivity index (χ1v) is 14.9. The Bertz CT molecular complexity index is 1410. The van der Waals surface area contributed by atoms with Gasteiger partial charge in [0, 0.05) is 55.1 Å². The molecule has 1 aliphatic heterocycles. The number of piperidine rings is 1. The van der Waals surface area contributed by atoms with Gasteiger partial charge in [0.2, 0.25) is 0 Å². The van der Waals surface area contributed by atoms with Crippen molar-refractivity contribution < 1.29 is 19.4 Å². The zero-order valence-corrected chi connectivity index (χ0v) is 25.3. The lowest BCUT2D eigenvalue weighted by Crippen LogP contribution is -2.46. The number of ether oxygens (including phenoxy) is 1. The summed E-state index contributed by atoms with van der Waals surface area (Å²) in [5.41, 5.74) is 2.16. The first-order chi connectivity index (χ1) is 20.1. The van der Waals surface area contributed by atoms with E-state index in [4.69, 9.17) is 10.1 Å². The van der Waals surface area contributed by atoms with Crippen LogP contribution in [0, 0.1) is 12.3 Å². The largest absolute Gasteiger partial charge is 0.496 e. The molecular weight excluding hydrogens is 532 g/mol. The molecule has 1 amide bonds. The molecule has 4 rings (SSSR count). The molecule has 0 radical (unpaired) electrons. The van der Waals surface area contributed by atoms with Crippen LogP contribution in [0.2, 0.25) is 0 Å². The average Bonchev–Trinajstić information content (AvgIpc) is 3.47. The summed E-state index contributed by atoms with van der Waals surface area (Å²) in [5.74, 6) is 0.991. The molecule has 0 bridgehead atoms. The second-order valence-corrected chi connectivity index (χ2v) is 11.6. The number of benzene rings is 1. The molecular formula is C32H44N6O4. The molecule has 1 saturated heterocycles. The molecule has 1 aromatic carbocycles. The lowest BCUT2D eigenvalue weighted by molar-refractivity contribution is -0.119. The third kappa shape index (κ3) is 8.01. The number of rotatable bonds is 14. The number of H-pyrrole nitrogens is 1. The summed E-state index contributed by atoms with van der Waals surface area (Å²) in [7, 11) is 3.62. The Morgan fingerprint density at radius 2 is 1.98 bits per heavy atom. The van der Waals surface area contributed by atoms with Crippen molar-refractivity contribution in [2.24, 2.45) is 0 Å². The van der Waals surface area contributed by atoms with Crippen LogP contribution in [0.3, 0.4) is 0 Å². The van der Waals surface area contributed by atoms with Crippen LogP contribution in [0.1, 0.15) is 82.3 Å². The maximum atomic E-state index is 13.2. The number of carbonyl (C=O) groups is 2. The number of nitrogens with zero attached hydrogens (tertiary/aromatic N) is 3. The van der Waals surface area contributed by atoms with Crippen molar-refractivity contribution in [3.63, 3.8) is 0 Å². The van der Waals surface area contributed by atoms with Crippen molar-refractivity contribution in [1.29, 1.82) is 5.41 Å². The molecule has 3 heterocycles. The van der Waals surface area contributed by atoms with Gasteiger partial charge in [-0.1, -0.05) is 25.8 Å². The van der Waals surface area contributed by atoms with Crippen LogP contribution in [-0.4, -0.2) is 75.2 Å². The van der Waals surface area contributed by atoms with Gasteiger partial charge >= 0.3 is 0 Å². The van der Waals surface area contributed by atoms with E-state index in [-0.39, 0.29) is 17.9 Å². The topological polar surface area (TPSA) is 144 Å². The van der Waals surface area contributed by atoms with Crippen molar-refractivity contribution in [3.8, 4) is 17.0 Å². The third-order valence-corrected chi connectivity index (χ3v) is 8.21. The monoisotopic (exact) mass is 576 g/mol. The molecule has 10 nitrogen and oxygen atoms in total. The number of aliphatic hydroxyl groups is 1. The molecule has 0 saturated carbocycles. The summed E-state index contributed by atoms with van der Waals surface area (Å²) in [5, 5.41) is 23.4. The van der Waals surface area contributed by atoms with E-state index in [2.05, 4.69) is 25.2 Å². The zero-order valence-electron chi connectivity index (χ0n) is 25.3. The summed E-state index contributed by atoms with van der Waals surface area (Å²) in [6.45, 7) is 5.29. The summed E-state index contributed by atoms with van der Waals surface area (Å²) >= 11 is 0. The van der Waals surface area contributed by atoms with Gasteiger partial charge in [0.1, 0.15) is 17.4 Å².